The van der Waals surface area contributed by atoms with Gasteiger partial charge >= 0.3 is 0 Å². The highest BCUT2D eigenvalue weighted by Gasteiger charge is 2.31. The maximum Gasteiger partial charge on any atom is 0.0324 e. The Morgan fingerprint density at radius 2 is 2.23 bits per heavy atom. The highest BCUT2D eigenvalue weighted by atomic mass is 32.2. The van der Waals surface area contributed by atoms with E-state index in [0.29, 0.717) is 4.75 Å². The summed E-state index contributed by atoms with van der Waals surface area (Å²) in [5.41, 5.74) is 0. The number of thioether (sulfide) groups is 2. The summed E-state index contributed by atoms with van der Waals surface area (Å²) < 4.78 is 0.415. The third-order valence-electron chi connectivity index (χ3n) is 2.50. The van der Waals surface area contributed by atoms with Crippen molar-refractivity contribution in [3.63, 3.8) is 0 Å². The third-order valence-corrected chi connectivity index (χ3v) is 4.97. The Hall–Kier alpha value is 0.440. The minimum absolute atomic E-state index is 0.415. The molecule has 0 saturated carbocycles. The lowest BCUT2D eigenvalue weighted by Gasteiger charge is -2.24. The number of hydrogen-bond acceptors (Lipinski definition) is 2. The van der Waals surface area contributed by atoms with E-state index in [1.54, 1.807) is 0 Å². The van der Waals surface area contributed by atoms with Crippen molar-refractivity contribution in [3.8, 4) is 0 Å². The van der Waals surface area contributed by atoms with Gasteiger partial charge in [0.05, 0.1) is 0 Å². The topological polar surface area (TPSA) is 0 Å². The van der Waals surface area contributed by atoms with Gasteiger partial charge in [0.15, 0.2) is 0 Å². The molecule has 0 radical (unpaired) electrons. The zero-order valence-corrected chi connectivity index (χ0v) is 10.7. The summed E-state index contributed by atoms with van der Waals surface area (Å²) in [6.45, 7) is 6.98. The predicted octanol–water partition coefficient (Wildman–Crippen LogP) is 3.83. The minimum atomic E-state index is 0.415. The molecule has 0 aromatic heterocycles. The Bertz CT molecular complexity index is 187. The van der Waals surface area contributed by atoms with E-state index in [9.17, 15) is 0 Å². The molecule has 1 heterocycles. The van der Waals surface area contributed by atoms with E-state index in [-0.39, 0.29) is 0 Å². The molecule has 0 saturated heterocycles. The average molecular weight is 216 g/mol. The van der Waals surface area contributed by atoms with Gasteiger partial charge in [-0.15, -0.1) is 11.8 Å². The lowest BCUT2D eigenvalue weighted by Crippen LogP contribution is -2.18. The number of rotatable bonds is 4. The molecule has 0 N–H and O–H groups in total. The van der Waals surface area contributed by atoms with Gasteiger partial charge in [-0.1, -0.05) is 26.0 Å². The molecule has 13 heavy (non-hydrogen) atoms. The van der Waals surface area contributed by atoms with Gasteiger partial charge in [0.1, 0.15) is 0 Å². The van der Waals surface area contributed by atoms with Gasteiger partial charge in [0.2, 0.25) is 0 Å². The van der Waals surface area contributed by atoms with Crippen molar-refractivity contribution in [2.24, 2.45) is 5.92 Å². The molecule has 0 aromatic carbocycles. The molecule has 0 aliphatic carbocycles. The van der Waals surface area contributed by atoms with Crippen LogP contribution in [0.2, 0.25) is 0 Å². The first kappa shape index (κ1) is 11.5. The van der Waals surface area contributed by atoms with E-state index in [1.165, 1.54) is 12.2 Å². The SMILES string of the molecule is CSCCC1(C)C=CC(C(C)C)S1. The molecule has 2 unspecified atom stereocenters. The van der Waals surface area contributed by atoms with E-state index in [0.717, 1.165) is 11.2 Å². The molecule has 76 valence electrons. The van der Waals surface area contributed by atoms with Gasteiger partial charge in [-0.25, -0.2) is 0 Å². The summed E-state index contributed by atoms with van der Waals surface area (Å²) in [6, 6.07) is 0. The molecule has 2 atom stereocenters. The van der Waals surface area contributed by atoms with E-state index in [1.807, 2.05) is 11.8 Å². The first-order chi connectivity index (χ1) is 6.07. The monoisotopic (exact) mass is 216 g/mol. The molecule has 0 amide bonds. The number of hydrogen-bond donors (Lipinski definition) is 0. The lowest BCUT2D eigenvalue weighted by molar-refractivity contribution is 0.680. The highest BCUT2D eigenvalue weighted by molar-refractivity contribution is 8.02. The second kappa shape index (κ2) is 4.79. The molecule has 0 bridgehead atoms. The standard InChI is InChI=1S/C11H20S2/c1-9(2)10-5-6-11(3,13-10)7-8-12-4/h5-6,9-10H,7-8H2,1-4H3. The average Bonchev–Trinajstić information content (AvgIpc) is 2.46. The van der Waals surface area contributed by atoms with Crippen LogP contribution in [0.5, 0.6) is 0 Å². The van der Waals surface area contributed by atoms with E-state index >= 15 is 0 Å². The molecule has 0 spiro atoms. The Morgan fingerprint density at radius 1 is 1.54 bits per heavy atom. The van der Waals surface area contributed by atoms with E-state index in [2.05, 4.69) is 50.9 Å². The fourth-order valence-corrected chi connectivity index (χ4v) is 3.68. The van der Waals surface area contributed by atoms with Crippen molar-refractivity contribution in [3.05, 3.63) is 12.2 Å². The molecular formula is C11H20S2. The Kier molecular flexibility index (Phi) is 4.24. The summed E-state index contributed by atoms with van der Waals surface area (Å²) in [7, 11) is 0. The van der Waals surface area contributed by atoms with Crippen LogP contribution in [0.15, 0.2) is 12.2 Å². The Morgan fingerprint density at radius 3 is 2.69 bits per heavy atom. The third kappa shape index (κ3) is 3.25. The normalized spacial score (nSPS) is 33.2. The summed E-state index contributed by atoms with van der Waals surface area (Å²) >= 11 is 4.09. The summed E-state index contributed by atoms with van der Waals surface area (Å²) in [5, 5.41) is 0.742. The van der Waals surface area contributed by atoms with Crippen LogP contribution in [0.4, 0.5) is 0 Å². The Labute approximate surface area is 90.9 Å². The summed E-state index contributed by atoms with van der Waals surface area (Å²) in [6.07, 6.45) is 8.30. The van der Waals surface area contributed by atoms with Crippen molar-refractivity contribution in [1.29, 1.82) is 0 Å². The van der Waals surface area contributed by atoms with Crippen LogP contribution in [0.25, 0.3) is 0 Å². The van der Waals surface area contributed by atoms with Gasteiger partial charge in [0, 0.05) is 10.00 Å². The first-order valence-corrected chi connectivity index (χ1v) is 7.21. The van der Waals surface area contributed by atoms with Gasteiger partial charge in [-0.2, -0.15) is 11.8 Å². The van der Waals surface area contributed by atoms with Gasteiger partial charge in [-0.3, -0.25) is 0 Å². The van der Waals surface area contributed by atoms with Crippen LogP contribution in [0.3, 0.4) is 0 Å². The van der Waals surface area contributed by atoms with Crippen molar-refractivity contribution >= 4 is 23.5 Å². The van der Waals surface area contributed by atoms with Gasteiger partial charge < -0.3 is 0 Å². The van der Waals surface area contributed by atoms with Crippen molar-refractivity contribution in [2.75, 3.05) is 12.0 Å². The zero-order valence-electron chi connectivity index (χ0n) is 9.04. The maximum absolute atomic E-state index is 2.42. The molecule has 0 fully saturated rings. The lowest BCUT2D eigenvalue weighted by atomic mass is 10.1. The molecule has 1 aliphatic rings. The Balaban J connectivity index is 2.43. The van der Waals surface area contributed by atoms with Crippen LogP contribution in [0.1, 0.15) is 27.2 Å². The predicted molar refractivity (Wildman–Crippen MR) is 66.8 cm³/mol. The smallest absolute Gasteiger partial charge is 0.0324 e. The van der Waals surface area contributed by atoms with Crippen molar-refractivity contribution in [1.82, 2.24) is 0 Å². The highest BCUT2D eigenvalue weighted by Crippen LogP contribution is 2.43. The van der Waals surface area contributed by atoms with Gasteiger partial charge in [0.25, 0.3) is 0 Å². The largest absolute Gasteiger partial charge is 0.165 e. The minimum Gasteiger partial charge on any atom is -0.165 e. The molecule has 2 heteroatoms. The molecular weight excluding hydrogens is 196 g/mol. The second-order valence-corrected chi connectivity index (χ2v) is 6.94. The van der Waals surface area contributed by atoms with Gasteiger partial charge in [-0.05, 0) is 31.3 Å². The summed E-state index contributed by atoms with van der Waals surface area (Å²) in [4.78, 5) is 0. The second-order valence-electron chi connectivity index (χ2n) is 4.24. The molecule has 0 nitrogen and oxygen atoms in total. The fraction of sp³-hybridized carbons (Fsp3) is 0.818. The van der Waals surface area contributed by atoms with E-state index in [4.69, 9.17) is 0 Å². The van der Waals surface area contributed by atoms with Crippen LogP contribution in [-0.2, 0) is 0 Å². The van der Waals surface area contributed by atoms with Crippen LogP contribution in [-0.4, -0.2) is 22.0 Å². The molecule has 1 rings (SSSR count). The maximum atomic E-state index is 2.42. The first-order valence-electron chi connectivity index (χ1n) is 4.93. The molecule has 0 aromatic rings. The zero-order chi connectivity index (χ0) is 9.90. The summed E-state index contributed by atoms with van der Waals surface area (Å²) in [5.74, 6) is 2.05. The van der Waals surface area contributed by atoms with Crippen LogP contribution >= 0.6 is 23.5 Å². The van der Waals surface area contributed by atoms with Crippen molar-refractivity contribution in [2.45, 2.75) is 37.2 Å². The van der Waals surface area contributed by atoms with E-state index < -0.39 is 0 Å². The quantitative estimate of drug-likeness (QED) is 0.655. The van der Waals surface area contributed by atoms with Crippen molar-refractivity contribution < 1.29 is 0 Å². The molecule has 1 aliphatic heterocycles. The van der Waals surface area contributed by atoms with Crippen LogP contribution in [0, 0.1) is 5.92 Å². The fourth-order valence-electron chi connectivity index (χ4n) is 1.49. The van der Waals surface area contributed by atoms with Crippen LogP contribution < -0.4 is 0 Å².